The highest BCUT2D eigenvalue weighted by atomic mass is 79.9. The summed E-state index contributed by atoms with van der Waals surface area (Å²) < 4.78 is 18.6. The molecule has 1 aromatic carbocycles. The van der Waals surface area contributed by atoms with Crippen LogP contribution in [0, 0.1) is 5.82 Å². The number of hydrogen-bond acceptors (Lipinski definition) is 2. The highest BCUT2D eigenvalue weighted by molar-refractivity contribution is 9.10. The fourth-order valence-corrected chi connectivity index (χ4v) is 1.37. The Morgan fingerprint density at radius 2 is 2.33 bits per heavy atom. The van der Waals surface area contributed by atoms with Crippen LogP contribution in [-0.2, 0) is 16.1 Å². The first-order valence-electron chi connectivity index (χ1n) is 4.33. The monoisotopic (exact) mass is 275 g/mol. The lowest BCUT2D eigenvalue weighted by atomic mass is 10.2. The van der Waals surface area contributed by atoms with E-state index in [0.29, 0.717) is 10.0 Å². The van der Waals surface area contributed by atoms with Crippen LogP contribution in [0.1, 0.15) is 5.56 Å². The number of amides is 1. The number of nitrogens with one attached hydrogen (secondary N) is 1. The van der Waals surface area contributed by atoms with E-state index in [1.54, 1.807) is 12.1 Å². The number of methoxy groups -OCH3 is 1. The molecular formula is C10H11BrFNO2. The van der Waals surface area contributed by atoms with Gasteiger partial charge in [0.05, 0.1) is 0 Å². The number of hydrogen-bond donors (Lipinski definition) is 1. The van der Waals surface area contributed by atoms with E-state index in [1.807, 2.05) is 0 Å². The molecule has 0 aliphatic heterocycles. The summed E-state index contributed by atoms with van der Waals surface area (Å²) in [6.45, 7) is 0.152. The van der Waals surface area contributed by atoms with Crippen LogP contribution >= 0.6 is 15.9 Å². The average Bonchev–Trinajstić information content (AvgIpc) is 2.17. The zero-order chi connectivity index (χ0) is 11.3. The van der Waals surface area contributed by atoms with Gasteiger partial charge in [0.1, 0.15) is 12.4 Å². The van der Waals surface area contributed by atoms with Gasteiger partial charge in [-0.2, -0.15) is 0 Å². The highest BCUT2D eigenvalue weighted by Gasteiger charge is 2.04. The molecule has 1 aromatic rings. The molecule has 0 aliphatic rings. The Balaban J connectivity index is 2.54. The summed E-state index contributed by atoms with van der Waals surface area (Å²) in [5.41, 5.74) is 0.447. The molecule has 0 unspecified atom stereocenters. The van der Waals surface area contributed by atoms with Crippen LogP contribution in [0.4, 0.5) is 4.39 Å². The van der Waals surface area contributed by atoms with Crippen molar-refractivity contribution in [2.24, 2.45) is 0 Å². The lowest BCUT2D eigenvalue weighted by Crippen LogP contribution is -2.26. The standard InChI is InChI=1S/C10H11BrFNO2/c1-15-6-10(14)13-5-7-2-3-8(11)4-9(7)12/h2-4H,5-6H2,1H3,(H,13,14). The fraction of sp³-hybridized carbons (Fsp3) is 0.300. The molecule has 0 heterocycles. The predicted molar refractivity (Wildman–Crippen MR) is 57.8 cm³/mol. The highest BCUT2D eigenvalue weighted by Crippen LogP contribution is 2.14. The minimum Gasteiger partial charge on any atom is -0.375 e. The number of ether oxygens (including phenoxy) is 1. The molecule has 0 atom stereocenters. The zero-order valence-corrected chi connectivity index (χ0v) is 9.80. The summed E-state index contributed by atoms with van der Waals surface area (Å²) >= 11 is 3.15. The molecule has 0 saturated carbocycles. The van der Waals surface area contributed by atoms with E-state index < -0.39 is 0 Å². The lowest BCUT2D eigenvalue weighted by Gasteiger charge is -2.05. The molecule has 15 heavy (non-hydrogen) atoms. The minimum atomic E-state index is -0.345. The van der Waals surface area contributed by atoms with Crippen molar-refractivity contribution in [1.29, 1.82) is 0 Å². The normalized spacial score (nSPS) is 10.1. The van der Waals surface area contributed by atoms with Crippen molar-refractivity contribution >= 4 is 21.8 Å². The number of halogens is 2. The van der Waals surface area contributed by atoms with Gasteiger partial charge in [0.2, 0.25) is 5.91 Å². The molecule has 0 spiro atoms. The Morgan fingerprint density at radius 3 is 2.93 bits per heavy atom. The molecule has 5 heteroatoms. The Bertz CT molecular complexity index is 357. The molecule has 1 N–H and O–H groups in total. The Labute approximate surface area is 95.7 Å². The van der Waals surface area contributed by atoms with Crippen LogP contribution < -0.4 is 5.32 Å². The maximum absolute atomic E-state index is 13.3. The van der Waals surface area contributed by atoms with Crippen molar-refractivity contribution in [3.05, 3.63) is 34.1 Å². The zero-order valence-electron chi connectivity index (χ0n) is 8.22. The number of carbonyl (C=O) groups excluding carboxylic acids is 1. The van der Waals surface area contributed by atoms with E-state index in [9.17, 15) is 9.18 Å². The van der Waals surface area contributed by atoms with Crippen LogP contribution in [0.25, 0.3) is 0 Å². The second-order valence-electron chi connectivity index (χ2n) is 2.95. The quantitative estimate of drug-likeness (QED) is 0.911. The van der Waals surface area contributed by atoms with Gasteiger partial charge in [0.15, 0.2) is 0 Å². The molecule has 0 aromatic heterocycles. The van der Waals surface area contributed by atoms with Crippen molar-refractivity contribution < 1.29 is 13.9 Å². The molecule has 0 fully saturated rings. The molecule has 0 bridgehead atoms. The third-order valence-corrected chi connectivity index (χ3v) is 2.26. The van der Waals surface area contributed by atoms with Crippen LogP contribution in [-0.4, -0.2) is 19.6 Å². The van der Waals surface area contributed by atoms with Crippen molar-refractivity contribution in [3.8, 4) is 0 Å². The lowest BCUT2D eigenvalue weighted by molar-refractivity contribution is -0.124. The summed E-state index contributed by atoms with van der Waals surface area (Å²) in [5.74, 6) is -0.609. The summed E-state index contributed by atoms with van der Waals surface area (Å²) in [6.07, 6.45) is 0. The Morgan fingerprint density at radius 1 is 1.60 bits per heavy atom. The molecule has 82 valence electrons. The van der Waals surface area contributed by atoms with Crippen molar-refractivity contribution in [1.82, 2.24) is 5.32 Å². The average molecular weight is 276 g/mol. The molecule has 0 radical (unpaired) electrons. The molecule has 0 saturated heterocycles. The number of benzene rings is 1. The van der Waals surface area contributed by atoms with Crippen LogP contribution in [0.2, 0.25) is 0 Å². The first-order valence-corrected chi connectivity index (χ1v) is 5.12. The fourth-order valence-electron chi connectivity index (χ4n) is 1.04. The topological polar surface area (TPSA) is 38.3 Å². The third-order valence-electron chi connectivity index (χ3n) is 1.77. The van der Waals surface area contributed by atoms with E-state index in [1.165, 1.54) is 13.2 Å². The summed E-state index contributed by atoms with van der Waals surface area (Å²) in [6, 6.07) is 4.70. The molecule has 0 aliphatic carbocycles. The first-order chi connectivity index (χ1) is 7.13. The molecule has 1 rings (SSSR count). The Hall–Kier alpha value is -0.940. The molecule has 3 nitrogen and oxygen atoms in total. The first kappa shape index (κ1) is 12.1. The van der Waals surface area contributed by atoms with E-state index in [0.717, 1.165) is 0 Å². The minimum absolute atomic E-state index is 0.0157. The summed E-state index contributed by atoms with van der Waals surface area (Å²) in [5, 5.41) is 2.54. The van der Waals surface area contributed by atoms with Gasteiger partial charge >= 0.3 is 0 Å². The maximum Gasteiger partial charge on any atom is 0.246 e. The van der Waals surface area contributed by atoms with E-state index in [2.05, 4.69) is 26.0 Å². The van der Waals surface area contributed by atoms with Gasteiger partial charge in [-0.3, -0.25) is 4.79 Å². The van der Waals surface area contributed by atoms with E-state index >= 15 is 0 Å². The second-order valence-corrected chi connectivity index (χ2v) is 3.86. The van der Waals surface area contributed by atoms with Crippen LogP contribution in [0.3, 0.4) is 0 Å². The van der Waals surface area contributed by atoms with Gasteiger partial charge < -0.3 is 10.1 Å². The van der Waals surface area contributed by atoms with Gasteiger partial charge in [0, 0.05) is 23.7 Å². The number of rotatable bonds is 4. The van der Waals surface area contributed by atoms with Gasteiger partial charge in [0.25, 0.3) is 0 Å². The SMILES string of the molecule is COCC(=O)NCc1ccc(Br)cc1F. The smallest absolute Gasteiger partial charge is 0.246 e. The summed E-state index contributed by atoms with van der Waals surface area (Å²) in [4.78, 5) is 11.0. The van der Waals surface area contributed by atoms with Gasteiger partial charge in [-0.1, -0.05) is 22.0 Å². The van der Waals surface area contributed by atoms with Gasteiger partial charge in [-0.15, -0.1) is 0 Å². The van der Waals surface area contributed by atoms with Gasteiger partial charge in [-0.05, 0) is 12.1 Å². The summed E-state index contributed by atoms with van der Waals surface area (Å²) in [7, 11) is 1.43. The predicted octanol–water partition coefficient (Wildman–Crippen LogP) is 1.85. The second kappa shape index (κ2) is 5.82. The molecular weight excluding hydrogens is 265 g/mol. The number of carbonyl (C=O) groups is 1. The maximum atomic E-state index is 13.3. The Kier molecular flexibility index (Phi) is 4.71. The van der Waals surface area contributed by atoms with Crippen molar-refractivity contribution in [2.75, 3.05) is 13.7 Å². The van der Waals surface area contributed by atoms with Crippen molar-refractivity contribution in [3.63, 3.8) is 0 Å². The van der Waals surface area contributed by atoms with E-state index in [4.69, 9.17) is 0 Å². The third kappa shape index (κ3) is 3.97. The van der Waals surface area contributed by atoms with Gasteiger partial charge in [-0.25, -0.2) is 4.39 Å². The molecule has 1 amide bonds. The largest absolute Gasteiger partial charge is 0.375 e. The van der Waals surface area contributed by atoms with Crippen LogP contribution in [0.15, 0.2) is 22.7 Å². The van der Waals surface area contributed by atoms with Crippen LogP contribution in [0.5, 0.6) is 0 Å². The van der Waals surface area contributed by atoms with E-state index in [-0.39, 0.29) is 24.9 Å². The van der Waals surface area contributed by atoms with Crippen molar-refractivity contribution in [2.45, 2.75) is 6.54 Å².